The number of rotatable bonds is 2. The lowest BCUT2D eigenvalue weighted by molar-refractivity contribution is -0.104. The molecular formula is C6H8O. The van der Waals surface area contributed by atoms with Gasteiger partial charge in [-0.25, -0.2) is 0 Å². The third-order valence-corrected chi connectivity index (χ3v) is 0.468. The van der Waals surface area contributed by atoms with Crippen LogP contribution in [0.2, 0.25) is 0 Å². The van der Waals surface area contributed by atoms with E-state index in [2.05, 4.69) is 0 Å². The minimum absolute atomic E-state index is 0.664. The summed E-state index contributed by atoms with van der Waals surface area (Å²) < 4.78 is 6.40. The summed E-state index contributed by atoms with van der Waals surface area (Å²) in [6, 6.07) is 0. The highest BCUT2D eigenvalue weighted by Gasteiger charge is 1.55. The zero-order chi connectivity index (χ0) is 6.41. The zero-order valence-corrected chi connectivity index (χ0v) is 4.22. The molecule has 38 valence electrons. The molecule has 1 heteroatoms. The molecule has 0 bridgehead atoms. The van der Waals surface area contributed by atoms with Crippen molar-refractivity contribution >= 4 is 6.26 Å². The number of carbonyl (C=O) groups excluding carboxylic acids is 1. The molecule has 0 rings (SSSR count). The molecular weight excluding hydrogens is 88.1 g/mol. The predicted molar refractivity (Wildman–Crippen MR) is 30.0 cm³/mol. The fourth-order valence-corrected chi connectivity index (χ4v) is 0.206. The minimum Gasteiger partial charge on any atom is -0.299 e. The number of allylic oxidation sites excluding steroid dienone is 4. The molecule has 0 aliphatic rings. The van der Waals surface area contributed by atoms with E-state index >= 15 is 0 Å². The van der Waals surface area contributed by atoms with E-state index in [1.165, 1.54) is 12.2 Å². The highest BCUT2D eigenvalue weighted by Crippen LogP contribution is 1.70. The number of carbonyl (C=O) groups is 1. The Hall–Kier alpha value is -0.850. The zero-order valence-electron chi connectivity index (χ0n) is 5.22. The van der Waals surface area contributed by atoms with Gasteiger partial charge < -0.3 is 0 Å². The van der Waals surface area contributed by atoms with Gasteiger partial charge in [0.25, 0.3) is 0 Å². The van der Waals surface area contributed by atoms with Crippen LogP contribution in [-0.2, 0) is 4.79 Å². The lowest BCUT2D eigenvalue weighted by Gasteiger charge is -1.62. The van der Waals surface area contributed by atoms with Crippen molar-refractivity contribution in [3.63, 3.8) is 0 Å². The van der Waals surface area contributed by atoms with Gasteiger partial charge in [-0.1, -0.05) is 18.2 Å². The van der Waals surface area contributed by atoms with Crippen molar-refractivity contribution in [1.82, 2.24) is 0 Å². The lowest BCUT2D eigenvalue weighted by atomic mass is 10.5. The Balaban J connectivity index is 3.50. The average molecular weight is 98.1 g/mol. The smallest absolute Gasteiger partial charge is 0.142 e. The largest absolute Gasteiger partial charge is 0.299 e. The van der Waals surface area contributed by atoms with Crippen molar-refractivity contribution in [3.05, 3.63) is 24.3 Å². The number of aldehydes is 1. The molecule has 0 amide bonds. The van der Waals surface area contributed by atoms with Crippen LogP contribution in [0.1, 0.15) is 8.29 Å². The Labute approximate surface area is 44.8 Å². The van der Waals surface area contributed by atoms with Crippen molar-refractivity contribution < 1.29 is 6.17 Å². The van der Waals surface area contributed by atoms with Crippen LogP contribution in [0.25, 0.3) is 0 Å². The van der Waals surface area contributed by atoms with Gasteiger partial charge in [0.05, 0.1) is 0 Å². The maximum Gasteiger partial charge on any atom is 0.142 e. The van der Waals surface area contributed by atoms with Gasteiger partial charge in [-0.3, -0.25) is 4.79 Å². The quantitative estimate of drug-likeness (QED) is 0.289. The summed E-state index contributed by atoms with van der Waals surface area (Å²) in [6.45, 7) is 1.85. The molecule has 0 radical (unpaired) electrons. The van der Waals surface area contributed by atoms with Crippen LogP contribution >= 0.6 is 0 Å². The first kappa shape index (κ1) is 4.31. The van der Waals surface area contributed by atoms with E-state index < -0.39 is 6.26 Å². The summed E-state index contributed by atoms with van der Waals surface area (Å²) in [5.41, 5.74) is 0. The number of hydrogen-bond donors (Lipinski definition) is 0. The molecule has 7 heavy (non-hydrogen) atoms. The second kappa shape index (κ2) is 5.15. The monoisotopic (exact) mass is 98.1 g/mol. The van der Waals surface area contributed by atoms with Crippen molar-refractivity contribution in [2.45, 2.75) is 6.92 Å². The summed E-state index contributed by atoms with van der Waals surface area (Å²) in [5, 5.41) is 0. The molecule has 0 N–H and O–H groups in total. The second-order valence-electron chi connectivity index (χ2n) is 1.00. The van der Waals surface area contributed by atoms with E-state index in [4.69, 9.17) is 1.37 Å². The molecule has 0 aromatic carbocycles. The summed E-state index contributed by atoms with van der Waals surface area (Å²) in [5.74, 6) is 0. The van der Waals surface area contributed by atoms with E-state index in [9.17, 15) is 4.79 Å². The van der Waals surface area contributed by atoms with Gasteiger partial charge in [-0.2, -0.15) is 0 Å². The summed E-state index contributed by atoms with van der Waals surface area (Å²) in [4.78, 5) is 9.86. The van der Waals surface area contributed by atoms with Crippen LogP contribution < -0.4 is 0 Å². The molecule has 0 aromatic rings. The van der Waals surface area contributed by atoms with E-state index in [1.54, 1.807) is 12.2 Å². The summed E-state index contributed by atoms with van der Waals surface area (Å²) in [7, 11) is 0. The van der Waals surface area contributed by atoms with Crippen LogP contribution in [0.5, 0.6) is 0 Å². The Morgan fingerprint density at radius 1 is 1.43 bits per heavy atom. The fraction of sp³-hybridized carbons (Fsp3) is 0.167. The van der Waals surface area contributed by atoms with Gasteiger partial charge in [0.15, 0.2) is 0 Å². The van der Waals surface area contributed by atoms with E-state index in [0.29, 0.717) is 0 Å². The molecule has 0 saturated heterocycles. The molecule has 1 nitrogen and oxygen atoms in total. The Kier molecular flexibility index (Phi) is 3.17. The van der Waals surface area contributed by atoms with E-state index in [0.717, 1.165) is 0 Å². The molecule has 0 aromatic heterocycles. The molecule has 0 atom stereocenters. The highest BCUT2D eigenvalue weighted by molar-refractivity contribution is 5.65. The molecule has 0 heterocycles. The Morgan fingerprint density at radius 3 is 2.57 bits per heavy atom. The molecule has 0 aliphatic heterocycles. The number of hydrogen-bond acceptors (Lipinski definition) is 1. The van der Waals surface area contributed by atoms with Gasteiger partial charge >= 0.3 is 0 Å². The molecule has 0 aliphatic carbocycles. The lowest BCUT2D eigenvalue weighted by Crippen LogP contribution is -1.53. The Bertz CT molecular complexity index is 124. The van der Waals surface area contributed by atoms with E-state index in [-0.39, 0.29) is 0 Å². The van der Waals surface area contributed by atoms with Crippen molar-refractivity contribution in [3.8, 4) is 0 Å². The van der Waals surface area contributed by atoms with Gasteiger partial charge in [0.2, 0.25) is 0 Å². The maximum atomic E-state index is 9.86. The van der Waals surface area contributed by atoms with Gasteiger partial charge in [-0.05, 0) is 13.0 Å². The van der Waals surface area contributed by atoms with Crippen LogP contribution in [-0.4, -0.2) is 6.26 Å². The third kappa shape index (κ3) is 5.15. The summed E-state index contributed by atoms with van der Waals surface area (Å²) >= 11 is 0. The molecule has 0 saturated carbocycles. The van der Waals surface area contributed by atoms with Crippen molar-refractivity contribution in [2.24, 2.45) is 0 Å². The first-order valence-corrected chi connectivity index (χ1v) is 2.07. The standard InChI is InChI=1S/C6H8O/c1-2-3-4-5-6-7/h2-6H,1H3/b3-2+,5-4+/i6T. The van der Waals surface area contributed by atoms with Crippen molar-refractivity contribution in [1.29, 1.82) is 0 Å². The third-order valence-electron chi connectivity index (χ3n) is 0.468. The second-order valence-corrected chi connectivity index (χ2v) is 1.00. The average Bonchev–Trinajstić information content (AvgIpc) is 1.66. The predicted octanol–water partition coefficient (Wildman–Crippen LogP) is 1.32. The first-order valence-electron chi connectivity index (χ1n) is 2.57. The van der Waals surface area contributed by atoms with E-state index in [1.807, 2.05) is 6.92 Å². The normalized spacial score (nSPS) is 13.0. The maximum absolute atomic E-state index is 9.86. The molecule has 0 spiro atoms. The first-order chi connectivity index (χ1) is 3.77. The van der Waals surface area contributed by atoms with Crippen molar-refractivity contribution in [2.75, 3.05) is 0 Å². The fourth-order valence-electron chi connectivity index (χ4n) is 0.206. The topological polar surface area (TPSA) is 17.1 Å². The van der Waals surface area contributed by atoms with Crippen LogP contribution in [0.3, 0.4) is 0 Å². The van der Waals surface area contributed by atoms with Crippen LogP contribution in [0.4, 0.5) is 0 Å². The van der Waals surface area contributed by atoms with Gasteiger partial charge in [0, 0.05) is 0 Å². The molecule has 0 fully saturated rings. The summed E-state index contributed by atoms with van der Waals surface area (Å²) in [6.07, 6.45) is 5.56. The van der Waals surface area contributed by atoms with Gasteiger partial charge in [-0.15, -0.1) is 0 Å². The Morgan fingerprint density at radius 2 is 2.14 bits per heavy atom. The SMILES string of the molecule is [3H]C(=O)/C=C/C=C/C. The minimum atomic E-state index is -0.664. The van der Waals surface area contributed by atoms with Crippen LogP contribution in [0.15, 0.2) is 24.3 Å². The van der Waals surface area contributed by atoms with Crippen LogP contribution in [0, 0.1) is 0 Å². The van der Waals surface area contributed by atoms with Gasteiger partial charge in [0.1, 0.15) is 7.63 Å². The molecule has 0 unspecified atom stereocenters. The highest BCUT2D eigenvalue weighted by atomic mass is 16.1.